The maximum Gasteiger partial charge on any atom is 0.162 e. The summed E-state index contributed by atoms with van der Waals surface area (Å²) in [6.45, 7) is 0. The van der Waals surface area contributed by atoms with E-state index in [1.807, 2.05) is 36.4 Å². The summed E-state index contributed by atoms with van der Waals surface area (Å²) in [6.07, 6.45) is 0. The average molecular weight is 169 g/mol. The Morgan fingerprint density at radius 3 is 2.62 bits per heavy atom. The van der Waals surface area contributed by atoms with E-state index in [2.05, 4.69) is 10.2 Å². The summed E-state index contributed by atoms with van der Waals surface area (Å²) in [5, 5.41) is 15.2. The molecule has 1 heterocycles. The second-order valence-corrected chi connectivity index (χ2v) is 2.64. The van der Waals surface area contributed by atoms with Gasteiger partial charge in [-0.2, -0.15) is 10.4 Å². The zero-order chi connectivity index (χ0) is 9.10. The fraction of sp³-hybridized carbons (Fsp3) is 0. The highest BCUT2D eigenvalue weighted by atomic mass is 15.1. The molecule has 3 nitrogen and oxygen atoms in total. The molecule has 2 aromatic rings. The first-order valence-electron chi connectivity index (χ1n) is 3.91. The second kappa shape index (κ2) is 3.11. The van der Waals surface area contributed by atoms with Crippen LogP contribution in [-0.4, -0.2) is 10.2 Å². The van der Waals surface area contributed by atoms with E-state index < -0.39 is 0 Å². The van der Waals surface area contributed by atoms with Crippen LogP contribution in [0.5, 0.6) is 0 Å². The number of H-pyrrole nitrogens is 1. The number of benzene rings is 1. The van der Waals surface area contributed by atoms with E-state index in [0.29, 0.717) is 5.69 Å². The first-order chi connectivity index (χ1) is 6.40. The molecule has 0 amide bonds. The third kappa shape index (κ3) is 1.42. The van der Waals surface area contributed by atoms with Crippen molar-refractivity contribution in [3.8, 4) is 17.3 Å². The van der Waals surface area contributed by atoms with Gasteiger partial charge in [-0.05, 0) is 5.56 Å². The number of nitriles is 1. The molecule has 13 heavy (non-hydrogen) atoms. The summed E-state index contributed by atoms with van der Waals surface area (Å²) in [5.41, 5.74) is 2.33. The molecule has 1 aromatic carbocycles. The van der Waals surface area contributed by atoms with Crippen molar-refractivity contribution in [2.24, 2.45) is 0 Å². The van der Waals surface area contributed by atoms with Crippen LogP contribution >= 0.6 is 0 Å². The van der Waals surface area contributed by atoms with Gasteiger partial charge < -0.3 is 0 Å². The molecule has 62 valence electrons. The van der Waals surface area contributed by atoms with Crippen LogP contribution in [0, 0.1) is 11.3 Å². The molecule has 1 aromatic heterocycles. The zero-order valence-electron chi connectivity index (χ0n) is 6.86. The van der Waals surface area contributed by atoms with Crippen molar-refractivity contribution >= 4 is 0 Å². The number of aromatic amines is 1. The standard InChI is InChI=1S/C10H7N3/c11-7-9-6-10(13-12-9)8-4-2-1-3-5-8/h1-6H,(H,12,13). The number of nitrogens with zero attached hydrogens (tertiary/aromatic N) is 2. The van der Waals surface area contributed by atoms with Gasteiger partial charge in [0.2, 0.25) is 0 Å². The molecule has 0 aliphatic rings. The van der Waals surface area contributed by atoms with E-state index in [1.165, 1.54) is 0 Å². The van der Waals surface area contributed by atoms with Crippen molar-refractivity contribution in [1.29, 1.82) is 5.26 Å². The Morgan fingerprint density at radius 1 is 1.23 bits per heavy atom. The van der Waals surface area contributed by atoms with Gasteiger partial charge in [0.05, 0.1) is 5.69 Å². The number of hydrogen-bond donors (Lipinski definition) is 1. The molecule has 0 aliphatic heterocycles. The minimum atomic E-state index is 0.416. The number of aromatic nitrogens is 2. The molecule has 0 saturated heterocycles. The van der Waals surface area contributed by atoms with E-state index in [4.69, 9.17) is 5.26 Å². The van der Waals surface area contributed by atoms with Crippen LogP contribution < -0.4 is 0 Å². The van der Waals surface area contributed by atoms with Crippen LogP contribution in [0.4, 0.5) is 0 Å². The summed E-state index contributed by atoms with van der Waals surface area (Å²) >= 11 is 0. The maximum atomic E-state index is 8.57. The van der Waals surface area contributed by atoms with Crippen LogP contribution in [0.15, 0.2) is 36.4 Å². The highest BCUT2D eigenvalue weighted by Crippen LogP contribution is 2.15. The van der Waals surface area contributed by atoms with E-state index >= 15 is 0 Å². The molecular formula is C10H7N3. The average Bonchev–Trinajstić information content (AvgIpc) is 2.67. The second-order valence-electron chi connectivity index (χ2n) is 2.64. The van der Waals surface area contributed by atoms with Crippen LogP contribution in [0.1, 0.15) is 5.69 Å². The molecule has 0 aliphatic carbocycles. The lowest BCUT2D eigenvalue weighted by Gasteiger charge is -1.93. The van der Waals surface area contributed by atoms with Gasteiger partial charge in [0, 0.05) is 6.07 Å². The van der Waals surface area contributed by atoms with Crippen molar-refractivity contribution < 1.29 is 0 Å². The molecule has 0 spiro atoms. The first-order valence-corrected chi connectivity index (χ1v) is 3.91. The fourth-order valence-corrected chi connectivity index (χ4v) is 1.14. The maximum absolute atomic E-state index is 8.57. The van der Waals surface area contributed by atoms with E-state index in [0.717, 1.165) is 11.3 Å². The van der Waals surface area contributed by atoms with Crippen molar-refractivity contribution in [3.05, 3.63) is 42.1 Å². The van der Waals surface area contributed by atoms with Gasteiger partial charge in [0.25, 0.3) is 0 Å². The lowest BCUT2D eigenvalue weighted by Crippen LogP contribution is -1.75. The van der Waals surface area contributed by atoms with Gasteiger partial charge in [-0.15, -0.1) is 0 Å². The Bertz CT molecular complexity index is 437. The smallest absolute Gasteiger partial charge is 0.162 e. The predicted molar refractivity (Wildman–Crippen MR) is 48.7 cm³/mol. The van der Waals surface area contributed by atoms with Gasteiger partial charge in [0.15, 0.2) is 5.69 Å². The number of hydrogen-bond acceptors (Lipinski definition) is 2. The highest BCUT2D eigenvalue weighted by molar-refractivity contribution is 5.59. The molecule has 0 unspecified atom stereocenters. The van der Waals surface area contributed by atoms with Crippen molar-refractivity contribution in [3.63, 3.8) is 0 Å². The van der Waals surface area contributed by atoms with Gasteiger partial charge in [-0.3, -0.25) is 5.10 Å². The Morgan fingerprint density at radius 2 is 2.00 bits per heavy atom. The van der Waals surface area contributed by atoms with Crippen molar-refractivity contribution in [1.82, 2.24) is 10.2 Å². The Balaban J connectivity index is 2.43. The summed E-state index contributed by atoms with van der Waals surface area (Å²) in [5.74, 6) is 0. The minimum Gasteiger partial charge on any atom is -0.277 e. The third-order valence-corrected chi connectivity index (χ3v) is 1.78. The highest BCUT2D eigenvalue weighted by Gasteiger charge is 2.00. The van der Waals surface area contributed by atoms with Gasteiger partial charge in [-0.25, -0.2) is 0 Å². The predicted octanol–water partition coefficient (Wildman–Crippen LogP) is 1.95. The normalized spacial score (nSPS) is 9.46. The Hall–Kier alpha value is -2.08. The number of rotatable bonds is 1. The largest absolute Gasteiger partial charge is 0.277 e. The summed E-state index contributed by atoms with van der Waals surface area (Å²) in [4.78, 5) is 0. The topological polar surface area (TPSA) is 52.5 Å². The Kier molecular flexibility index (Phi) is 1.81. The van der Waals surface area contributed by atoms with Crippen LogP contribution in [0.25, 0.3) is 11.3 Å². The first kappa shape index (κ1) is 7.56. The van der Waals surface area contributed by atoms with Crippen molar-refractivity contribution in [2.45, 2.75) is 0 Å². The molecule has 0 saturated carbocycles. The molecule has 1 N–H and O–H groups in total. The number of nitrogens with one attached hydrogen (secondary N) is 1. The minimum absolute atomic E-state index is 0.416. The lowest BCUT2D eigenvalue weighted by atomic mass is 10.1. The van der Waals surface area contributed by atoms with Crippen LogP contribution in [0.2, 0.25) is 0 Å². The molecule has 0 fully saturated rings. The van der Waals surface area contributed by atoms with Gasteiger partial charge in [0.1, 0.15) is 6.07 Å². The SMILES string of the molecule is N#Cc1cc(-c2ccccc2)[nH]n1. The summed E-state index contributed by atoms with van der Waals surface area (Å²) in [6, 6.07) is 13.5. The fourth-order valence-electron chi connectivity index (χ4n) is 1.14. The molecular weight excluding hydrogens is 162 g/mol. The zero-order valence-corrected chi connectivity index (χ0v) is 6.86. The van der Waals surface area contributed by atoms with E-state index in [1.54, 1.807) is 6.07 Å². The van der Waals surface area contributed by atoms with Crippen LogP contribution in [-0.2, 0) is 0 Å². The molecule has 3 heteroatoms. The summed E-state index contributed by atoms with van der Waals surface area (Å²) in [7, 11) is 0. The quantitative estimate of drug-likeness (QED) is 0.709. The van der Waals surface area contributed by atoms with E-state index in [-0.39, 0.29) is 0 Å². The summed E-state index contributed by atoms with van der Waals surface area (Å²) < 4.78 is 0. The lowest BCUT2D eigenvalue weighted by molar-refractivity contribution is 1.08. The molecule has 0 bridgehead atoms. The van der Waals surface area contributed by atoms with E-state index in [9.17, 15) is 0 Å². The molecule has 0 radical (unpaired) electrons. The van der Waals surface area contributed by atoms with Crippen molar-refractivity contribution in [2.75, 3.05) is 0 Å². The molecule has 0 atom stereocenters. The third-order valence-electron chi connectivity index (χ3n) is 1.78. The van der Waals surface area contributed by atoms with Gasteiger partial charge in [-0.1, -0.05) is 30.3 Å². The Labute approximate surface area is 75.6 Å². The van der Waals surface area contributed by atoms with Gasteiger partial charge >= 0.3 is 0 Å². The van der Waals surface area contributed by atoms with Crippen LogP contribution in [0.3, 0.4) is 0 Å². The monoisotopic (exact) mass is 169 g/mol. The molecule has 2 rings (SSSR count).